The van der Waals surface area contributed by atoms with E-state index < -0.39 is 30.0 Å². The molecule has 3 N–H and O–H groups in total. The molecule has 0 atom stereocenters. The molecule has 0 aliphatic heterocycles. The van der Waals surface area contributed by atoms with Gasteiger partial charge in [0.15, 0.2) is 0 Å². The lowest BCUT2D eigenvalue weighted by Crippen LogP contribution is -2.34. The number of anilines is 2. The van der Waals surface area contributed by atoms with Crippen molar-refractivity contribution in [1.29, 1.82) is 0 Å². The van der Waals surface area contributed by atoms with E-state index in [0.717, 1.165) is 25.0 Å². The monoisotopic (exact) mass is 573 g/mol. The second-order valence-electron chi connectivity index (χ2n) is 8.88. The molecule has 0 heterocycles. The van der Waals surface area contributed by atoms with Crippen LogP contribution in [0.5, 0.6) is 11.5 Å². The molecule has 0 fully saturated rings. The molecule has 218 valence electrons. The van der Waals surface area contributed by atoms with Crippen LogP contribution in [-0.2, 0) is 11.3 Å². The number of benzene rings is 3. The molecule has 0 aromatic heterocycles. The van der Waals surface area contributed by atoms with Crippen LogP contribution in [0.4, 0.5) is 29.3 Å². The van der Waals surface area contributed by atoms with Gasteiger partial charge in [0.05, 0.1) is 19.6 Å². The average Bonchev–Trinajstić information content (AvgIpc) is 2.92. The smallest absolute Gasteiger partial charge is 0.494 e. The molecular formula is C29H30F3N3O6. The Morgan fingerprint density at radius 3 is 2.12 bits per heavy atom. The van der Waals surface area contributed by atoms with Crippen molar-refractivity contribution in [3.05, 3.63) is 83.9 Å². The molecule has 0 radical (unpaired) electrons. The molecule has 3 amide bonds. The molecular weight excluding hydrogens is 543 g/mol. The van der Waals surface area contributed by atoms with Crippen molar-refractivity contribution in [2.75, 3.05) is 23.4 Å². The predicted octanol–water partition coefficient (Wildman–Crippen LogP) is 6.21. The van der Waals surface area contributed by atoms with Gasteiger partial charge >= 0.3 is 18.4 Å². The zero-order valence-electron chi connectivity index (χ0n) is 22.2. The third-order valence-electron chi connectivity index (χ3n) is 5.68. The summed E-state index contributed by atoms with van der Waals surface area (Å²) in [7, 11) is 0. The highest BCUT2D eigenvalue weighted by molar-refractivity contribution is 6.01. The van der Waals surface area contributed by atoms with Crippen molar-refractivity contribution in [1.82, 2.24) is 5.32 Å². The zero-order valence-corrected chi connectivity index (χ0v) is 22.2. The summed E-state index contributed by atoms with van der Waals surface area (Å²) in [6.07, 6.45) is -3.15. The number of nitrogens with zero attached hydrogens (tertiary/aromatic N) is 1. The van der Waals surface area contributed by atoms with E-state index in [-0.39, 0.29) is 25.2 Å². The van der Waals surface area contributed by atoms with E-state index >= 15 is 0 Å². The van der Waals surface area contributed by atoms with Crippen LogP contribution in [0, 0.1) is 0 Å². The van der Waals surface area contributed by atoms with E-state index in [2.05, 4.69) is 22.3 Å². The molecule has 0 spiro atoms. The second kappa shape index (κ2) is 14.6. The number of aliphatic carboxylic acids is 1. The Bertz CT molecular complexity index is 1300. The summed E-state index contributed by atoms with van der Waals surface area (Å²) < 4.78 is 47.0. The fourth-order valence-corrected chi connectivity index (χ4v) is 3.60. The lowest BCUT2D eigenvalue weighted by molar-refractivity contribution is -0.274. The first kappa shape index (κ1) is 30.8. The molecule has 3 rings (SSSR count). The van der Waals surface area contributed by atoms with Crippen molar-refractivity contribution in [3.63, 3.8) is 0 Å². The van der Waals surface area contributed by atoms with Gasteiger partial charge in [0.1, 0.15) is 11.5 Å². The Morgan fingerprint density at radius 2 is 1.54 bits per heavy atom. The number of carboxylic acids is 1. The van der Waals surface area contributed by atoms with Gasteiger partial charge in [-0.1, -0.05) is 25.5 Å². The van der Waals surface area contributed by atoms with Crippen molar-refractivity contribution in [2.24, 2.45) is 0 Å². The Morgan fingerprint density at radius 1 is 0.902 bits per heavy atom. The first-order chi connectivity index (χ1) is 19.5. The highest BCUT2D eigenvalue weighted by Gasteiger charge is 2.31. The normalized spacial score (nSPS) is 10.9. The molecule has 12 heteroatoms. The van der Waals surface area contributed by atoms with Crippen molar-refractivity contribution < 1.29 is 42.1 Å². The number of carbonyl (C=O) groups is 3. The summed E-state index contributed by atoms with van der Waals surface area (Å²) in [5.41, 5.74) is 1.78. The fraction of sp³-hybridized carbons (Fsp3) is 0.276. The van der Waals surface area contributed by atoms with Crippen LogP contribution >= 0.6 is 0 Å². The average molecular weight is 574 g/mol. The summed E-state index contributed by atoms with van der Waals surface area (Å²) in [6, 6.07) is 17.6. The van der Waals surface area contributed by atoms with Crippen molar-refractivity contribution in [2.45, 2.75) is 39.1 Å². The second-order valence-corrected chi connectivity index (χ2v) is 8.88. The Kier molecular flexibility index (Phi) is 11.0. The van der Waals surface area contributed by atoms with Gasteiger partial charge in [0.2, 0.25) is 0 Å². The predicted molar refractivity (Wildman–Crippen MR) is 146 cm³/mol. The first-order valence-corrected chi connectivity index (χ1v) is 12.8. The summed E-state index contributed by atoms with van der Waals surface area (Å²) in [4.78, 5) is 37.7. The highest BCUT2D eigenvalue weighted by Crippen LogP contribution is 2.26. The van der Waals surface area contributed by atoms with Crippen LogP contribution in [0.2, 0.25) is 0 Å². The largest absolute Gasteiger partial charge is 0.573 e. The van der Waals surface area contributed by atoms with E-state index in [0.29, 0.717) is 29.2 Å². The van der Waals surface area contributed by atoms with Gasteiger partial charge in [-0.05, 0) is 72.6 Å². The number of alkyl halides is 3. The molecule has 0 saturated carbocycles. The topological polar surface area (TPSA) is 117 Å². The van der Waals surface area contributed by atoms with Crippen LogP contribution in [-0.4, -0.2) is 42.5 Å². The Hall–Kier alpha value is -4.74. The molecule has 0 saturated heterocycles. The number of amides is 3. The SMILES string of the molecule is CCCCOc1ccc(N(Cc2ccc(C(=O)NCCC(=O)O)cc2)C(=O)Nc2ccc(OC(F)(F)F)cc2)cc1. The number of hydrogen-bond donors (Lipinski definition) is 3. The van der Waals surface area contributed by atoms with E-state index in [1.165, 1.54) is 17.0 Å². The van der Waals surface area contributed by atoms with Crippen LogP contribution < -0.4 is 25.0 Å². The number of urea groups is 1. The minimum Gasteiger partial charge on any atom is -0.494 e. The van der Waals surface area contributed by atoms with Crippen LogP contribution in [0.25, 0.3) is 0 Å². The van der Waals surface area contributed by atoms with Gasteiger partial charge in [0.25, 0.3) is 5.91 Å². The van der Waals surface area contributed by atoms with Crippen LogP contribution in [0.15, 0.2) is 72.8 Å². The fourth-order valence-electron chi connectivity index (χ4n) is 3.60. The zero-order chi connectivity index (χ0) is 29.8. The third-order valence-corrected chi connectivity index (χ3v) is 5.68. The van der Waals surface area contributed by atoms with E-state index in [1.807, 2.05) is 0 Å². The Labute approximate surface area is 234 Å². The summed E-state index contributed by atoms with van der Waals surface area (Å²) in [5.74, 6) is -1.23. The van der Waals surface area contributed by atoms with E-state index in [9.17, 15) is 27.6 Å². The lowest BCUT2D eigenvalue weighted by atomic mass is 10.1. The molecule has 0 aliphatic rings. The quantitative estimate of drug-likeness (QED) is 0.210. The number of carbonyl (C=O) groups excluding carboxylic acids is 2. The Balaban J connectivity index is 1.76. The van der Waals surface area contributed by atoms with E-state index in [4.69, 9.17) is 9.84 Å². The maximum atomic E-state index is 13.3. The minimum absolute atomic E-state index is 0.00860. The molecule has 9 nitrogen and oxygen atoms in total. The number of rotatable bonds is 13. The van der Waals surface area contributed by atoms with Gasteiger partial charge in [-0.25, -0.2) is 4.79 Å². The van der Waals surface area contributed by atoms with Gasteiger partial charge in [-0.15, -0.1) is 13.2 Å². The molecule has 0 unspecified atom stereocenters. The van der Waals surface area contributed by atoms with Crippen molar-refractivity contribution in [3.8, 4) is 11.5 Å². The molecule has 0 bridgehead atoms. The molecule has 0 aliphatic carbocycles. The number of ether oxygens (including phenoxy) is 2. The van der Waals surface area contributed by atoms with Crippen LogP contribution in [0.3, 0.4) is 0 Å². The van der Waals surface area contributed by atoms with Gasteiger partial charge < -0.3 is 25.2 Å². The summed E-state index contributed by atoms with van der Waals surface area (Å²) in [6.45, 7) is 2.70. The van der Waals surface area contributed by atoms with Gasteiger partial charge in [-0.3, -0.25) is 14.5 Å². The number of unbranched alkanes of at least 4 members (excludes halogenated alkanes) is 1. The summed E-state index contributed by atoms with van der Waals surface area (Å²) >= 11 is 0. The standard InChI is InChI=1S/C29H30F3N3O6/c1-2-3-18-40-24-14-10-23(11-15-24)35(28(39)34-22-8-12-25(13-9-22)41-29(30,31)32)19-20-4-6-21(7-5-20)27(38)33-17-16-26(36)37/h4-15H,2-3,16-19H2,1H3,(H,33,38)(H,34,39)(H,36,37). The number of hydrogen-bond acceptors (Lipinski definition) is 5. The van der Waals surface area contributed by atoms with Gasteiger partial charge in [0, 0.05) is 23.5 Å². The number of nitrogens with one attached hydrogen (secondary N) is 2. The minimum atomic E-state index is -4.83. The van der Waals surface area contributed by atoms with Crippen molar-refractivity contribution >= 4 is 29.3 Å². The summed E-state index contributed by atoms with van der Waals surface area (Å²) in [5, 5.41) is 13.9. The maximum absolute atomic E-state index is 13.3. The lowest BCUT2D eigenvalue weighted by Gasteiger charge is -2.24. The third kappa shape index (κ3) is 10.4. The maximum Gasteiger partial charge on any atom is 0.573 e. The molecule has 3 aromatic rings. The van der Waals surface area contributed by atoms with Gasteiger partial charge in [-0.2, -0.15) is 0 Å². The number of halogens is 3. The molecule has 41 heavy (non-hydrogen) atoms. The number of carboxylic acid groups (broad SMARTS) is 1. The first-order valence-electron chi connectivity index (χ1n) is 12.8. The highest BCUT2D eigenvalue weighted by atomic mass is 19.4. The van der Waals surface area contributed by atoms with E-state index in [1.54, 1.807) is 48.5 Å². The van der Waals surface area contributed by atoms with Crippen LogP contribution in [0.1, 0.15) is 42.1 Å². The molecule has 3 aromatic carbocycles.